The van der Waals surface area contributed by atoms with Crippen LogP contribution in [0.15, 0.2) is 4.42 Å². The van der Waals surface area contributed by atoms with Crippen molar-refractivity contribution in [3.8, 4) is 0 Å². The molecule has 0 spiro atoms. The lowest BCUT2D eigenvalue weighted by molar-refractivity contribution is -0.119. The molecule has 1 aliphatic carbocycles. The quantitative estimate of drug-likeness (QED) is 0.456. The van der Waals surface area contributed by atoms with Gasteiger partial charge in [-0.1, -0.05) is 31.3 Å². The number of rotatable bonds is 8. The van der Waals surface area contributed by atoms with Crippen molar-refractivity contribution in [2.24, 2.45) is 0 Å². The lowest BCUT2D eigenvalue weighted by Gasteiger charge is -2.43. The standard InChI is InChI=1S/C17H27N7O5/c1-3-9-24(16(28)19-10-12(26)21-14(27)20-11-25)17(7-5-4-6-8-17)13-22-23-15(18-2)29-13/h11H,3-10H2,1-2H3,(H,18,23)(H,19,28)(H2,20,21,25,26,27). The van der Waals surface area contributed by atoms with Crippen LogP contribution in [0.1, 0.15) is 51.3 Å². The van der Waals surface area contributed by atoms with Crippen LogP contribution in [-0.4, -0.2) is 59.6 Å². The summed E-state index contributed by atoms with van der Waals surface area (Å²) in [6.45, 7) is 1.95. The molecule has 0 unspecified atom stereocenters. The maximum Gasteiger partial charge on any atom is 0.327 e. The van der Waals surface area contributed by atoms with Crippen molar-refractivity contribution in [1.82, 2.24) is 31.0 Å². The predicted octanol–water partition coefficient (Wildman–Crippen LogP) is 0.675. The molecule has 1 heterocycles. The van der Waals surface area contributed by atoms with Crippen molar-refractivity contribution in [2.45, 2.75) is 51.0 Å². The fourth-order valence-corrected chi connectivity index (χ4v) is 3.49. The van der Waals surface area contributed by atoms with Gasteiger partial charge in [-0.2, -0.15) is 0 Å². The SMILES string of the molecule is CCCN(C(=O)NCC(=O)NC(=O)NC=O)C1(c2nnc(NC)o2)CCCCC1. The van der Waals surface area contributed by atoms with E-state index < -0.39 is 30.1 Å². The molecule has 1 aliphatic rings. The second-order valence-corrected chi connectivity index (χ2v) is 6.70. The van der Waals surface area contributed by atoms with Crippen LogP contribution < -0.4 is 21.3 Å². The molecule has 0 aliphatic heterocycles. The van der Waals surface area contributed by atoms with E-state index in [1.54, 1.807) is 17.3 Å². The van der Waals surface area contributed by atoms with E-state index in [1.807, 2.05) is 12.2 Å². The molecule has 0 aromatic carbocycles. The number of nitrogens with one attached hydrogen (secondary N) is 4. The third-order valence-electron chi connectivity index (χ3n) is 4.77. The van der Waals surface area contributed by atoms with Gasteiger partial charge in [0.2, 0.25) is 18.2 Å². The van der Waals surface area contributed by atoms with Gasteiger partial charge in [-0.15, -0.1) is 5.10 Å². The van der Waals surface area contributed by atoms with E-state index in [2.05, 4.69) is 20.8 Å². The van der Waals surface area contributed by atoms with Crippen molar-refractivity contribution >= 4 is 30.4 Å². The number of urea groups is 2. The van der Waals surface area contributed by atoms with E-state index in [4.69, 9.17) is 4.42 Å². The van der Waals surface area contributed by atoms with Gasteiger partial charge in [-0.05, 0) is 19.3 Å². The summed E-state index contributed by atoms with van der Waals surface area (Å²) in [4.78, 5) is 47.9. The van der Waals surface area contributed by atoms with Crippen molar-refractivity contribution in [1.29, 1.82) is 0 Å². The monoisotopic (exact) mass is 409 g/mol. The Morgan fingerprint density at radius 1 is 1.21 bits per heavy atom. The van der Waals surface area contributed by atoms with E-state index in [-0.39, 0.29) is 12.4 Å². The summed E-state index contributed by atoms with van der Waals surface area (Å²) in [5, 5.41) is 17.2. The Kier molecular flexibility index (Phi) is 7.92. The molecule has 1 saturated carbocycles. The molecule has 1 aromatic rings. The number of carbonyl (C=O) groups is 4. The van der Waals surface area contributed by atoms with Gasteiger partial charge in [0.25, 0.3) is 0 Å². The highest BCUT2D eigenvalue weighted by molar-refractivity contribution is 5.99. The first-order valence-corrected chi connectivity index (χ1v) is 9.58. The molecule has 2 rings (SSSR count). The predicted molar refractivity (Wildman–Crippen MR) is 102 cm³/mol. The van der Waals surface area contributed by atoms with Crippen LogP contribution in [0.3, 0.4) is 0 Å². The van der Waals surface area contributed by atoms with Gasteiger partial charge < -0.3 is 20.0 Å². The van der Waals surface area contributed by atoms with E-state index in [0.717, 1.165) is 19.3 Å². The van der Waals surface area contributed by atoms with Gasteiger partial charge >= 0.3 is 18.1 Å². The Balaban J connectivity index is 2.16. The fraction of sp³-hybridized carbons (Fsp3) is 0.647. The molecular formula is C17H27N7O5. The highest BCUT2D eigenvalue weighted by Crippen LogP contribution is 2.42. The lowest BCUT2D eigenvalue weighted by atomic mass is 9.80. The van der Waals surface area contributed by atoms with Gasteiger partial charge in [0.1, 0.15) is 5.54 Å². The van der Waals surface area contributed by atoms with Crippen LogP contribution in [-0.2, 0) is 15.1 Å². The van der Waals surface area contributed by atoms with E-state index >= 15 is 0 Å². The van der Waals surface area contributed by atoms with Crippen LogP contribution >= 0.6 is 0 Å². The van der Waals surface area contributed by atoms with E-state index in [1.165, 1.54) is 0 Å². The summed E-state index contributed by atoms with van der Waals surface area (Å²) in [6.07, 6.45) is 5.02. The molecule has 12 heteroatoms. The minimum absolute atomic E-state index is 0.154. The van der Waals surface area contributed by atoms with Gasteiger partial charge in [0.15, 0.2) is 0 Å². The topological polar surface area (TPSA) is 159 Å². The second-order valence-electron chi connectivity index (χ2n) is 6.70. The van der Waals surface area contributed by atoms with Gasteiger partial charge in [-0.3, -0.25) is 20.2 Å². The van der Waals surface area contributed by atoms with Crippen molar-refractivity contribution in [3.63, 3.8) is 0 Å². The Hall–Kier alpha value is -3.18. The number of amides is 6. The first-order valence-electron chi connectivity index (χ1n) is 9.58. The zero-order chi connectivity index (χ0) is 21.3. The maximum atomic E-state index is 13.0. The van der Waals surface area contributed by atoms with E-state index in [0.29, 0.717) is 31.7 Å². The zero-order valence-electron chi connectivity index (χ0n) is 16.6. The second kappa shape index (κ2) is 10.4. The molecule has 6 amide bonds. The van der Waals surface area contributed by atoms with Gasteiger partial charge in [0, 0.05) is 13.6 Å². The summed E-state index contributed by atoms with van der Waals surface area (Å²) in [5.74, 6) is -0.387. The highest BCUT2D eigenvalue weighted by Gasteiger charge is 2.46. The Bertz CT molecular complexity index is 730. The van der Waals surface area contributed by atoms with Gasteiger partial charge in [0.05, 0.1) is 6.54 Å². The maximum absolute atomic E-state index is 13.0. The average molecular weight is 409 g/mol. The van der Waals surface area contributed by atoms with Crippen LogP contribution in [0, 0.1) is 0 Å². The normalized spacial score (nSPS) is 15.1. The van der Waals surface area contributed by atoms with Crippen molar-refractivity contribution in [3.05, 3.63) is 5.89 Å². The number of nitrogens with zero attached hydrogens (tertiary/aromatic N) is 3. The molecule has 1 fully saturated rings. The number of carbonyl (C=O) groups excluding carboxylic acids is 4. The minimum Gasteiger partial charge on any atom is -0.406 e. The summed E-state index contributed by atoms with van der Waals surface area (Å²) in [7, 11) is 1.67. The molecule has 12 nitrogen and oxygen atoms in total. The molecule has 1 aromatic heterocycles. The third-order valence-corrected chi connectivity index (χ3v) is 4.77. The van der Waals surface area contributed by atoms with Crippen LogP contribution in [0.5, 0.6) is 0 Å². The summed E-state index contributed by atoms with van der Waals surface area (Å²) in [6, 6.07) is -1.16. The minimum atomic E-state index is -0.959. The molecule has 160 valence electrons. The number of imide groups is 2. The van der Waals surface area contributed by atoms with Gasteiger partial charge in [-0.25, -0.2) is 9.59 Å². The number of hydrogen-bond donors (Lipinski definition) is 4. The summed E-state index contributed by atoms with van der Waals surface area (Å²) < 4.78 is 5.74. The molecule has 0 atom stereocenters. The third kappa shape index (κ3) is 5.42. The summed E-state index contributed by atoms with van der Waals surface area (Å²) in [5.41, 5.74) is -0.758. The number of aromatic nitrogens is 2. The Morgan fingerprint density at radius 2 is 1.93 bits per heavy atom. The number of anilines is 1. The first-order chi connectivity index (χ1) is 14.0. The first kappa shape index (κ1) is 22.1. The Labute approximate surface area is 168 Å². The summed E-state index contributed by atoms with van der Waals surface area (Å²) >= 11 is 0. The van der Waals surface area contributed by atoms with Crippen molar-refractivity contribution in [2.75, 3.05) is 25.5 Å². The number of hydrogen-bond acceptors (Lipinski definition) is 8. The lowest BCUT2D eigenvalue weighted by Crippen LogP contribution is -2.56. The van der Waals surface area contributed by atoms with Crippen LogP contribution in [0.4, 0.5) is 15.6 Å². The average Bonchev–Trinajstić information content (AvgIpc) is 3.21. The largest absolute Gasteiger partial charge is 0.406 e. The molecule has 0 radical (unpaired) electrons. The van der Waals surface area contributed by atoms with Crippen LogP contribution in [0.25, 0.3) is 0 Å². The smallest absolute Gasteiger partial charge is 0.327 e. The molecule has 0 saturated heterocycles. The fourth-order valence-electron chi connectivity index (χ4n) is 3.49. The zero-order valence-corrected chi connectivity index (χ0v) is 16.6. The molecule has 4 N–H and O–H groups in total. The highest BCUT2D eigenvalue weighted by atomic mass is 16.4. The molecular weight excluding hydrogens is 382 g/mol. The van der Waals surface area contributed by atoms with E-state index in [9.17, 15) is 19.2 Å². The van der Waals surface area contributed by atoms with Crippen molar-refractivity contribution < 1.29 is 23.6 Å². The molecule has 29 heavy (non-hydrogen) atoms. The molecule has 0 bridgehead atoms. The van der Waals surface area contributed by atoms with Crippen LogP contribution in [0.2, 0.25) is 0 Å². The Morgan fingerprint density at radius 3 is 2.52 bits per heavy atom.